The fourth-order valence-corrected chi connectivity index (χ4v) is 2.16. The monoisotopic (exact) mass is 225 g/mol. The Morgan fingerprint density at radius 3 is 2.47 bits per heavy atom. The number of aryl methyl sites for hydroxylation is 1. The lowest BCUT2D eigenvalue weighted by molar-refractivity contribution is 0.0949. The van der Waals surface area contributed by atoms with E-state index >= 15 is 0 Å². The summed E-state index contributed by atoms with van der Waals surface area (Å²) in [4.78, 5) is 12.1. The molecule has 2 N–H and O–H groups in total. The molecule has 2 aromatic carbocycles. The van der Waals surface area contributed by atoms with Gasteiger partial charge in [-0.25, -0.2) is 0 Å². The molecule has 0 saturated heterocycles. The topological polar surface area (TPSA) is 43.1 Å². The second kappa shape index (κ2) is 3.41. The molecule has 2 heteroatoms. The Kier molecular flexibility index (Phi) is 2.10. The number of hydrogen-bond acceptors (Lipinski definition) is 2. The van der Waals surface area contributed by atoms with Crippen molar-refractivity contribution in [3.63, 3.8) is 0 Å². The molecule has 0 unspecified atom stereocenters. The lowest BCUT2D eigenvalue weighted by atomic mass is 9.99. The number of rotatable bonds is 2. The molecule has 1 aliphatic rings. The largest absolute Gasteiger partial charge is 0.319 e. The number of carbonyl (C=O) groups is 1. The van der Waals surface area contributed by atoms with Crippen molar-refractivity contribution in [1.29, 1.82) is 0 Å². The third-order valence-corrected chi connectivity index (χ3v) is 3.50. The summed E-state index contributed by atoms with van der Waals surface area (Å²) in [6.45, 7) is 2.07. The van der Waals surface area contributed by atoms with Crippen LogP contribution in [-0.4, -0.2) is 11.3 Å². The van der Waals surface area contributed by atoms with Gasteiger partial charge in [0.25, 0.3) is 0 Å². The van der Waals surface area contributed by atoms with Crippen molar-refractivity contribution >= 4 is 16.6 Å². The molecule has 2 aromatic rings. The Morgan fingerprint density at radius 1 is 1.12 bits per heavy atom. The van der Waals surface area contributed by atoms with Crippen LogP contribution in [0.2, 0.25) is 0 Å². The fraction of sp³-hybridized carbons (Fsp3) is 0.267. The van der Waals surface area contributed by atoms with E-state index in [1.807, 2.05) is 18.2 Å². The fourth-order valence-electron chi connectivity index (χ4n) is 2.16. The SMILES string of the molecule is Cc1ccc2cc(C(=O)C3(N)CC3)ccc2c1. The summed E-state index contributed by atoms with van der Waals surface area (Å²) in [6.07, 6.45) is 1.63. The van der Waals surface area contributed by atoms with Gasteiger partial charge in [-0.3, -0.25) is 4.79 Å². The van der Waals surface area contributed by atoms with Gasteiger partial charge in [-0.15, -0.1) is 0 Å². The van der Waals surface area contributed by atoms with E-state index in [1.165, 1.54) is 10.9 Å². The zero-order valence-corrected chi connectivity index (χ0v) is 9.86. The highest BCUT2D eigenvalue weighted by molar-refractivity contribution is 6.07. The summed E-state index contributed by atoms with van der Waals surface area (Å²) < 4.78 is 0. The maximum atomic E-state index is 12.1. The Hall–Kier alpha value is -1.67. The molecule has 0 radical (unpaired) electrons. The summed E-state index contributed by atoms with van der Waals surface area (Å²) in [7, 11) is 0. The number of nitrogens with two attached hydrogens (primary N) is 1. The molecule has 0 spiro atoms. The minimum Gasteiger partial charge on any atom is -0.319 e. The predicted octanol–water partition coefficient (Wildman–Crippen LogP) is 2.82. The van der Waals surface area contributed by atoms with Crippen LogP contribution >= 0.6 is 0 Å². The number of hydrogen-bond donors (Lipinski definition) is 1. The maximum Gasteiger partial charge on any atom is 0.182 e. The molecule has 1 saturated carbocycles. The predicted molar refractivity (Wildman–Crippen MR) is 69.2 cm³/mol. The minimum atomic E-state index is -0.571. The van der Waals surface area contributed by atoms with Crippen LogP contribution in [0.4, 0.5) is 0 Å². The van der Waals surface area contributed by atoms with E-state index < -0.39 is 5.54 Å². The van der Waals surface area contributed by atoms with Gasteiger partial charge in [-0.1, -0.05) is 35.9 Å². The first-order valence-electron chi connectivity index (χ1n) is 5.93. The summed E-state index contributed by atoms with van der Waals surface area (Å²) in [6, 6.07) is 12.1. The van der Waals surface area contributed by atoms with Crippen molar-refractivity contribution in [2.75, 3.05) is 0 Å². The summed E-state index contributed by atoms with van der Waals surface area (Å²) in [5, 5.41) is 2.27. The van der Waals surface area contributed by atoms with E-state index in [2.05, 4.69) is 25.1 Å². The molecule has 0 atom stereocenters. The highest BCUT2D eigenvalue weighted by Crippen LogP contribution is 2.36. The number of Topliss-reactive ketones (excluding diaryl/α,β-unsaturated/α-hetero) is 1. The van der Waals surface area contributed by atoms with Crippen molar-refractivity contribution in [1.82, 2.24) is 0 Å². The van der Waals surface area contributed by atoms with Gasteiger partial charge in [0.1, 0.15) is 0 Å². The van der Waals surface area contributed by atoms with Crippen LogP contribution in [0, 0.1) is 6.92 Å². The molecule has 0 amide bonds. The minimum absolute atomic E-state index is 0.0833. The van der Waals surface area contributed by atoms with Crippen LogP contribution in [-0.2, 0) is 0 Å². The molecule has 0 bridgehead atoms. The Morgan fingerprint density at radius 2 is 1.76 bits per heavy atom. The van der Waals surface area contributed by atoms with Gasteiger partial charge in [0.2, 0.25) is 0 Å². The van der Waals surface area contributed by atoms with E-state index in [9.17, 15) is 4.79 Å². The molecule has 3 rings (SSSR count). The van der Waals surface area contributed by atoms with Gasteiger partial charge in [0, 0.05) is 5.56 Å². The number of fused-ring (bicyclic) bond motifs is 1. The molecular weight excluding hydrogens is 210 g/mol. The van der Waals surface area contributed by atoms with E-state index in [4.69, 9.17) is 5.73 Å². The smallest absolute Gasteiger partial charge is 0.182 e. The summed E-state index contributed by atoms with van der Waals surface area (Å²) >= 11 is 0. The molecule has 1 fully saturated rings. The molecule has 17 heavy (non-hydrogen) atoms. The lowest BCUT2D eigenvalue weighted by Gasteiger charge is -2.08. The van der Waals surface area contributed by atoms with Gasteiger partial charge in [0.15, 0.2) is 5.78 Å². The van der Waals surface area contributed by atoms with E-state index in [-0.39, 0.29) is 5.78 Å². The quantitative estimate of drug-likeness (QED) is 0.799. The number of carbonyl (C=O) groups excluding carboxylic acids is 1. The van der Waals surface area contributed by atoms with Crippen molar-refractivity contribution in [2.45, 2.75) is 25.3 Å². The van der Waals surface area contributed by atoms with E-state index in [1.54, 1.807) is 0 Å². The third kappa shape index (κ3) is 1.75. The van der Waals surface area contributed by atoms with Crippen LogP contribution in [0.1, 0.15) is 28.8 Å². The van der Waals surface area contributed by atoms with Gasteiger partial charge in [-0.2, -0.15) is 0 Å². The average molecular weight is 225 g/mol. The molecule has 0 aromatic heterocycles. The zero-order valence-electron chi connectivity index (χ0n) is 9.86. The van der Waals surface area contributed by atoms with Crippen LogP contribution in [0.3, 0.4) is 0 Å². The molecular formula is C15H15NO. The second-order valence-corrected chi connectivity index (χ2v) is 5.05. The zero-order chi connectivity index (χ0) is 12.0. The van der Waals surface area contributed by atoms with Crippen molar-refractivity contribution in [2.24, 2.45) is 5.73 Å². The molecule has 0 aliphatic heterocycles. The second-order valence-electron chi connectivity index (χ2n) is 5.05. The highest BCUT2D eigenvalue weighted by atomic mass is 16.1. The number of benzene rings is 2. The van der Waals surface area contributed by atoms with E-state index in [0.29, 0.717) is 0 Å². The van der Waals surface area contributed by atoms with Gasteiger partial charge < -0.3 is 5.73 Å². The maximum absolute atomic E-state index is 12.1. The first kappa shape index (κ1) is 10.5. The van der Waals surface area contributed by atoms with Crippen LogP contribution < -0.4 is 5.73 Å². The number of ketones is 1. The van der Waals surface area contributed by atoms with Gasteiger partial charge >= 0.3 is 0 Å². The molecule has 86 valence electrons. The average Bonchev–Trinajstić information content (AvgIpc) is 3.07. The molecule has 2 nitrogen and oxygen atoms in total. The first-order chi connectivity index (χ1) is 8.08. The summed E-state index contributed by atoms with van der Waals surface area (Å²) in [5.41, 5.74) is 7.34. The Bertz CT molecular complexity index is 611. The lowest BCUT2D eigenvalue weighted by Crippen LogP contribution is -2.32. The van der Waals surface area contributed by atoms with Crippen molar-refractivity contribution in [3.8, 4) is 0 Å². The Labute approximate surface area is 100 Å². The molecule has 0 heterocycles. The normalized spacial score (nSPS) is 17.1. The third-order valence-electron chi connectivity index (χ3n) is 3.50. The van der Waals surface area contributed by atoms with Crippen molar-refractivity contribution in [3.05, 3.63) is 47.5 Å². The van der Waals surface area contributed by atoms with Crippen LogP contribution in [0.5, 0.6) is 0 Å². The van der Waals surface area contributed by atoms with Crippen LogP contribution in [0.25, 0.3) is 10.8 Å². The van der Waals surface area contributed by atoms with Crippen LogP contribution in [0.15, 0.2) is 36.4 Å². The summed E-state index contributed by atoms with van der Waals surface area (Å²) in [5.74, 6) is 0.0833. The Balaban J connectivity index is 2.08. The first-order valence-corrected chi connectivity index (χ1v) is 5.93. The molecule has 1 aliphatic carbocycles. The highest BCUT2D eigenvalue weighted by Gasteiger charge is 2.45. The van der Waals surface area contributed by atoms with Gasteiger partial charge in [0.05, 0.1) is 5.54 Å². The van der Waals surface area contributed by atoms with Gasteiger partial charge in [-0.05, 0) is 36.6 Å². The standard InChI is InChI=1S/C15H15NO/c1-10-2-3-12-9-13(5-4-11(12)8-10)14(17)15(16)6-7-15/h2-5,8-9H,6-7,16H2,1H3. The van der Waals surface area contributed by atoms with E-state index in [0.717, 1.165) is 23.8 Å². The van der Waals surface area contributed by atoms with Crippen molar-refractivity contribution < 1.29 is 4.79 Å².